The maximum Gasteiger partial charge on any atom is 0.259 e. The van der Waals surface area contributed by atoms with Crippen molar-refractivity contribution in [3.05, 3.63) is 50.8 Å². The number of furan rings is 1. The number of aryl methyl sites for hydroxylation is 2. The van der Waals surface area contributed by atoms with Gasteiger partial charge in [-0.05, 0) is 38.5 Å². The Hall–Kier alpha value is -2.10. The highest BCUT2D eigenvalue weighted by molar-refractivity contribution is 7.99. The van der Waals surface area contributed by atoms with Crippen LogP contribution in [-0.2, 0) is 21.8 Å². The maximum atomic E-state index is 12.9. The highest BCUT2D eigenvalue weighted by Gasteiger charge is 2.22. The van der Waals surface area contributed by atoms with Crippen LogP contribution in [0.5, 0.6) is 0 Å². The largest absolute Gasteiger partial charge is 0.467 e. The second kappa shape index (κ2) is 9.60. The van der Waals surface area contributed by atoms with Gasteiger partial charge in [0.1, 0.15) is 16.4 Å². The molecule has 0 aliphatic heterocycles. The van der Waals surface area contributed by atoms with Gasteiger partial charge in [-0.1, -0.05) is 0 Å². The normalized spacial score (nSPS) is 12.4. The predicted molar refractivity (Wildman–Crippen MR) is 116 cm³/mol. The van der Waals surface area contributed by atoms with Gasteiger partial charge in [0.05, 0.1) is 35.8 Å². The fourth-order valence-corrected chi connectivity index (χ4v) is 4.84. The number of aromatic nitrogens is 2. The lowest BCUT2D eigenvalue weighted by Crippen LogP contribution is -2.38. The molecule has 3 aromatic heterocycles. The van der Waals surface area contributed by atoms with Crippen molar-refractivity contribution < 1.29 is 13.9 Å². The molecule has 9 heteroatoms. The van der Waals surface area contributed by atoms with E-state index in [1.54, 1.807) is 24.3 Å². The molecule has 3 heterocycles. The molecule has 0 spiro atoms. The summed E-state index contributed by atoms with van der Waals surface area (Å²) in [4.78, 5) is 36.4. The van der Waals surface area contributed by atoms with Crippen LogP contribution in [0.3, 0.4) is 0 Å². The molecule has 29 heavy (non-hydrogen) atoms. The molecule has 3 aromatic rings. The van der Waals surface area contributed by atoms with Gasteiger partial charge in [0.2, 0.25) is 5.91 Å². The molecule has 0 radical (unpaired) electrons. The number of thioether (sulfide) groups is 1. The number of hydrogen-bond acceptors (Lipinski definition) is 7. The first-order valence-electron chi connectivity index (χ1n) is 9.31. The lowest BCUT2D eigenvalue weighted by Gasteiger charge is -2.24. The first kappa shape index (κ1) is 21.6. The fourth-order valence-electron chi connectivity index (χ4n) is 2.96. The third-order valence-corrected chi connectivity index (χ3v) is 6.95. The molecule has 7 nitrogen and oxygen atoms in total. The summed E-state index contributed by atoms with van der Waals surface area (Å²) in [5.74, 6) is 1.76. The monoisotopic (exact) mass is 435 g/mol. The van der Waals surface area contributed by atoms with Crippen molar-refractivity contribution in [1.29, 1.82) is 0 Å². The number of methoxy groups -OCH3 is 1. The number of H-pyrrole nitrogens is 1. The van der Waals surface area contributed by atoms with Gasteiger partial charge in [0.15, 0.2) is 0 Å². The Balaban J connectivity index is 1.68. The predicted octanol–water partition coefficient (Wildman–Crippen LogP) is 3.49. The van der Waals surface area contributed by atoms with Crippen molar-refractivity contribution in [3.8, 4) is 0 Å². The van der Waals surface area contributed by atoms with E-state index in [0.717, 1.165) is 21.0 Å². The summed E-state index contributed by atoms with van der Waals surface area (Å²) < 4.78 is 10.5. The highest BCUT2D eigenvalue weighted by Crippen LogP contribution is 2.26. The van der Waals surface area contributed by atoms with Crippen LogP contribution in [0.15, 0.2) is 27.6 Å². The number of carbonyl (C=O) groups excluding carboxylic acids is 1. The smallest absolute Gasteiger partial charge is 0.259 e. The van der Waals surface area contributed by atoms with Gasteiger partial charge in [-0.15, -0.1) is 23.1 Å². The number of thiophene rings is 1. The van der Waals surface area contributed by atoms with Crippen LogP contribution in [0.1, 0.15) is 28.9 Å². The van der Waals surface area contributed by atoms with Gasteiger partial charge in [0, 0.05) is 18.5 Å². The number of amides is 1. The minimum absolute atomic E-state index is 0.00492. The Labute approximate surface area is 177 Å². The molecule has 1 amide bonds. The average Bonchev–Trinajstić information content (AvgIpc) is 3.30. The second-order valence-corrected chi connectivity index (χ2v) is 9.29. The summed E-state index contributed by atoms with van der Waals surface area (Å²) in [6.07, 6.45) is 1.60. The average molecular weight is 436 g/mol. The Morgan fingerprint density at radius 3 is 2.93 bits per heavy atom. The molecule has 156 valence electrons. The molecular formula is C20H25N3O4S2. The summed E-state index contributed by atoms with van der Waals surface area (Å²) in [5.41, 5.74) is 0.860. The van der Waals surface area contributed by atoms with Gasteiger partial charge in [-0.25, -0.2) is 4.98 Å². The first-order chi connectivity index (χ1) is 13.9. The quantitative estimate of drug-likeness (QED) is 0.553. The minimum atomic E-state index is -0.297. The topological polar surface area (TPSA) is 88.4 Å². The van der Waals surface area contributed by atoms with E-state index >= 15 is 0 Å². The number of rotatable bonds is 9. The molecule has 1 unspecified atom stereocenters. The van der Waals surface area contributed by atoms with Crippen molar-refractivity contribution in [2.24, 2.45) is 0 Å². The Morgan fingerprint density at radius 2 is 2.24 bits per heavy atom. The zero-order valence-electron chi connectivity index (χ0n) is 17.0. The standard InChI is InChI=1S/C20H25N3O4S2/c1-12-13(2)29-19-17(12)18(24)21-16(22-19)11-28-14(3)20(25)23(7-9-26-4)10-15-6-5-8-27-15/h5-6,8,14H,7,9-11H2,1-4H3,(H,21,22,24). The van der Waals surface area contributed by atoms with Gasteiger partial charge in [-0.2, -0.15) is 0 Å². The summed E-state index contributed by atoms with van der Waals surface area (Å²) >= 11 is 2.97. The lowest BCUT2D eigenvalue weighted by atomic mass is 10.2. The Kier molecular flexibility index (Phi) is 7.15. The molecule has 0 saturated heterocycles. The first-order valence-corrected chi connectivity index (χ1v) is 11.2. The number of hydrogen-bond donors (Lipinski definition) is 1. The molecule has 0 aliphatic carbocycles. The summed E-state index contributed by atoms with van der Waals surface area (Å²) in [5, 5.41) is 0.365. The zero-order chi connectivity index (χ0) is 21.0. The molecule has 3 rings (SSSR count). The summed E-state index contributed by atoms with van der Waals surface area (Å²) in [7, 11) is 1.61. The maximum absolute atomic E-state index is 12.9. The van der Waals surface area contributed by atoms with E-state index in [4.69, 9.17) is 9.15 Å². The number of carbonyl (C=O) groups is 1. The highest BCUT2D eigenvalue weighted by atomic mass is 32.2. The van der Waals surface area contributed by atoms with E-state index < -0.39 is 0 Å². The van der Waals surface area contributed by atoms with Crippen LogP contribution < -0.4 is 5.56 Å². The third kappa shape index (κ3) is 5.09. The lowest BCUT2D eigenvalue weighted by molar-refractivity contribution is -0.131. The van der Waals surface area contributed by atoms with E-state index in [2.05, 4.69) is 9.97 Å². The van der Waals surface area contributed by atoms with E-state index in [1.807, 2.05) is 26.8 Å². The molecule has 1 N–H and O–H groups in total. The van der Waals surface area contributed by atoms with Crippen LogP contribution >= 0.6 is 23.1 Å². The van der Waals surface area contributed by atoms with Crippen molar-refractivity contribution in [3.63, 3.8) is 0 Å². The Bertz CT molecular complexity index is 1030. The zero-order valence-corrected chi connectivity index (χ0v) is 18.6. The van der Waals surface area contributed by atoms with E-state index in [1.165, 1.54) is 23.1 Å². The Morgan fingerprint density at radius 1 is 1.45 bits per heavy atom. The van der Waals surface area contributed by atoms with E-state index in [0.29, 0.717) is 36.7 Å². The number of fused-ring (bicyclic) bond motifs is 1. The van der Waals surface area contributed by atoms with Crippen LogP contribution in [0.25, 0.3) is 10.2 Å². The minimum Gasteiger partial charge on any atom is -0.467 e. The number of aromatic amines is 1. The van der Waals surface area contributed by atoms with Crippen molar-refractivity contribution >= 4 is 39.2 Å². The van der Waals surface area contributed by atoms with Crippen LogP contribution in [0.4, 0.5) is 0 Å². The SMILES string of the molecule is COCCN(Cc1ccco1)C(=O)C(C)SCc1nc2sc(C)c(C)c2c(=O)[nH]1. The molecule has 0 saturated carbocycles. The molecule has 0 aliphatic rings. The molecule has 1 atom stereocenters. The molecular weight excluding hydrogens is 410 g/mol. The summed E-state index contributed by atoms with van der Waals surface area (Å²) in [6.45, 7) is 7.12. The van der Waals surface area contributed by atoms with Crippen molar-refractivity contribution in [1.82, 2.24) is 14.9 Å². The van der Waals surface area contributed by atoms with Crippen LogP contribution in [-0.4, -0.2) is 46.3 Å². The number of nitrogens with one attached hydrogen (secondary N) is 1. The summed E-state index contributed by atoms with van der Waals surface area (Å²) in [6, 6.07) is 3.65. The van der Waals surface area contributed by atoms with Crippen molar-refractivity contribution in [2.75, 3.05) is 20.3 Å². The second-order valence-electron chi connectivity index (χ2n) is 6.76. The molecule has 0 aromatic carbocycles. The van der Waals surface area contributed by atoms with E-state index in [9.17, 15) is 9.59 Å². The number of ether oxygens (including phenoxy) is 1. The van der Waals surface area contributed by atoms with E-state index in [-0.39, 0.29) is 16.7 Å². The van der Waals surface area contributed by atoms with Crippen molar-refractivity contribution in [2.45, 2.75) is 38.3 Å². The van der Waals surface area contributed by atoms with Gasteiger partial charge >= 0.3 is 0 Å². The van der Waals surface area contributed by atoms with Gasteiger partial charge in [0.25, 0.3) is 5.56 Å². The number of nitrogens with zero attached hydrogens (tertiary/aromatic N) is 2. The fraction of sp³-hybridized carbons (Fsp3) is 0.450. The third-order valence-electron chi connectivity index (χ3n) is 4.71. The van der Waals surface area contributed by atoms with Crippen LogP contribution in [0, 0.1) is 13.8 Å². The van der Waals surface area contributed by atoms with Gasteiger partial charge in [-0.3, -0.25) is 9.59 Å². The molecule has 0 fully saturated rings. The molecule has 0 bridgehead atoms. The van der Waals surface area contributed by atoms with Gasteiger partial charge < -0.3 is 19.0 Å². The van der Waals surface area contributed by atoms with Crippen LogP contribution in [0.2, 0.25) is 0 Å².